The second-order valence-corrected chi connectivity index (χ2v) is 5.91. The lowest BCUT2D eigenvalue weighted by Gasteiger charge is -2.14. The third-order valence-electron chi connectivity index (χ3n) is 3.63. The van der Waals surface area contributed by atoms with Crippen LogP contribution < -0.4 is 5.32 Å². The minimum Gasteiger partial charge on any atom is -0.478 e. The van der Waals surface area contributed by atoms with E-state index < -0.39 is 22.7 Å². The predicted molar refractivity (Wildman–Crippen MR) is 93.0 cm³/mol. The number of halogens is 1. The molecule has 1 amide bonds. The third kappa shape index (κ3) is 4.54. The number of rotatable bonds is 6. The SMILES string of the molecule is CC(Cc1ccccc1[N+](=O)[O-])C(=O)Nc1ccc(Cl)cc1C(=O)O. The van der Waals surface area contributed by atoms with Crippen molar-refractivity contribution in [2.75, 3.05) is 5.32 Å². The van der Waals surface area contributed by atoms with Crippen LogP contribution in [0.1, 0.15) is 22.8 Å². The first-order valence-corrected chi connectivity index (χ1v) is 7.73. The largest absolute Gasteiger partial charge is 0.478 e. The van der Waals surface area contributed by atoms with E-state index in [1.54, 1.807) is 25.1 Å². The number of nitrogens with one attached hydrogen (secondary N) is 1. The highest BCUT2D eigenvalue weighted by atomic mass is 35.5. The van der Waals surface area contributed by atoms with Gasteiger partial charge in [0.25, 0.3) is 5.69 Å². The van der Waals surface area contributed by atoms with E-state index in [2.05, 4.69) is 5.32 Å². The van der Waals surface area contributed by atoms with E-state index in [-0.39, 0.29) is 28.4 Å². The molecule has 7 nitrogen and oxygen atoms in total. The average molecular weight is 363 g/mol. The van der Waals surface area contributed by atoms with Crippen molar-refractivity contribution in [3.63, 3.8) is 0 Å². The van der Waals surface area contributed by atoms with Crippen molar-refractivity contribution in [2.24, 2.45) is 5.92 Å². The van der Waals surface area contributed by atoms with E-state index >= 15 is 0 Å². The number of anilines is 1. The summed E-state index contributed by atoms with van der Waals surface area (Å²) in [5.41, 5.74) is 0.375. The first-order valence-electron chi connectivity index (χ1n) is 7.35. The third-order valence-corrected chi connectivity index (χ3v) is 3.87. The highest BCUT2D eigenvalue weighted by Crippen LogP contribution is 2.24. The summed E-state index contributed by atoms with van der Waals surface area (Å²) in [7, 11) is 0. The summed E-state index contributed by atoms with van der Waals surface area (Å²) in [5.74, 6) is -2.26. The van der Waals surface area contributed by atoms with Gasteiger partial charge in [-0.15, -0.1) is 0 Å². The summed E-state index contributed by atoms with van der Waals surface area (Å²) in [5, 5.41) is 23.0. The van der Waals surface area contributed by atoms with Crippen LogP contribution in [0.3, 0.4) is 0 Å². The van der Waals surface area contributed by atoms with E-state index in [0.29, 0.717) is 5.56 Å². The highest BCUT2D eigenvalue weighted by Gasteiger charge is 2.21. The molecule has 0 aromatic heterocycles. The first-order chi connectivity index (χ1) is 11.8. The van der Waals surface area contributed by atoms with Crippen molar-refractivity contribution < 1.29 is 19.6 Å². The van der Waals surface area contributed by atoms with E-state index in [9.17, 15) is 24.8 Å². The number of nitrogens with zero attached hydrogens (tertiary/aromatic N) is 1. The Labute approximate surface area is 148 Å². The van der Waals surface area contributed by atoms with Gasteiger partial charge in [-0.25, -0.2) is 4.79 Å². The number of carboxylic acid groups (broad SMARTS) is 1. The standard InChI is InChI=1S/C17H15ClN2O5/c1-10(8-11-4-2-3-5-15(11)20(24)25)16(21)19-14-7-6-12(18)9-13(14)17(22)23/h2-7,9-10H,8H2,1H3,(H,19,21)(H,22,23). The molecule has 0 spiro atoms. The van der Waals surface area contributed by atoms with Crippen molar-refractivity contribution in [1.29, 1.82) is 0 Å². The second-order valence-electron chi connectivity index (χ2n) is 5.48. The Balaban J connectivity index is 2.17. The fourth-order valence-corrected chi connectivity index (χ4v) is 2.51. The minimum absolute atomic E-state index is 0.0557. The maximum absolute atomic E-state index is 12.4. The Morgan fingerprint density at radius 1 is 1.28 bits per heavy atom. The summed E-state index contributed by atoms with van der Waals surface area (Å²) in [4.78, 5) is 34.1. The zero-order valence-corrected chi connectivity index (χ0v) is 14.0. The van der Waals surface area contributed by atoms with Gasteiger partial charge in [0, 0.05) is 22.6 Å². The normalized spacial score (nSPS) is 11.6. The number of para-hydroxylation sites is 1. The lowest BCUT2D eigenvalue weighted by molar-refractivity contribution is -0.385. The molecule has 2 N–H and O–H groups in total. The summed E-state index contributed by atoms with van der Waals surface area (Å²) >= 11 is 5.77. The van der Waals surface area contributed by atoms with Crippen LogP contribution in [0.2, 0.25) is 5.02 Å². The number of nitro groups is 1. The summed E-state index contributed by atoms with van der Waals surface area (Å²) in [6, 6.07) is 10.3. The van der Waals surface area contributed by atoms with Crippen LogP contribution in [0, 0.1) is 16.0 Å². The van der Waals surface area contributed by atoms with Crippen molar-refractivity contribution in [2.45, 2.75) is 13.3 Å². The molecule has 2 rings (SSSR count). The van der Waals surface area contributed by atoms with E-state index in [1.165, 1.54) is 24.3 Å². The molecule has 0 saturated carbocycles. The fraction of sp³-hybridized carbons (Fsp3) is 0.176. The predicted octanol–water partition coefficient (Wildman–Crippen LogP) is 3.76. The number of aromatic carboxylic acids is 1. The molecule has 0 aliphatic rings. The molecule has 0 aliphatic carbocycles. The highest BCUT2D eigenvalue weighted by molar-refractivity contribution is 6.31. The maximum Gasteiger partial charge on any atom is 0.337 e. The quantitative estimate of drug-likeness (QED) is 0.600. The summed E-state index contributed by atoms with van der Waals surface area (Å²) in [6.07, 6.45) is 0.152. The zero-order valence-electron chi connectivity index (χ0n) is 13.2. The van der Waals surface area contributed by atoms with Gasteiger partial charge < -0.3 is 10.4 Å². The molecule has 0 aliphatic heterocycles. The lowest BCUT2D eigenvalue weighted by Crippen LogP contribution is -2.23. The van der Waals surface area contributed by atoms with E-state index in [1.807, 2.05) is 0 Å². The molecular formula is C17H15ClN2O5. The number of carbonyl (C=O) groups is 2. The molecular weight excluding hydrogens is 348 g/mol. The second kappa shape index (κ2) is 7.76. The van der Waals surface area contributed by atoms with Crippen LogP contribution >= 0.6 is 11.6 Å². The molecule has 1 unspecified atom stereocenters. The molecule has 0 fully saturated rings. The maximum atomic E-state index is 12.4. The molecule has 0 radical (unpaired) electrons. The van der Waals surface area contributed by atoms with Gasteiger partial charge in [0.15, 0.2) is 0 Å². The van der Waals surface area contributed by atoms with Crippen LogP contribution in [-0.2, 0) is 11.2 Å². The van der Waals surface area contributed by atoms with Crippen molar-refractivity contribution in [3.05, 3.63) is 68.7 Å². The number of carbonyl (C=O) groups excluding carboxylic acids is 1. The van der Waals surface area contributed by atoms with E-state index in [4.69, 9.17) is 11.6 Å². The molecule has 130 valence electrons. The van der Waals surface area contributed by atoms with Gasteiger partial charge in [-0.2, -0.15) is 0 Å². The topological polar surface area (TPSA) is 110 Å². The molecule has 0 saturated heterocycles. The van der Waals surface area contributed by atoms with Gasteiger partial charge in [-0.1, -0.05) is 36.7 Å². The number of nitro benzene ring substituents is 1. The van der Waals surface area contributed by atoms with Crippen LogP contribution in [0.4, 0.5) is 11.4 Å². The Bertz CT molecular complexity index is 838. The van der Waals surface area contributed by atoms with Gasteiger partial charge in [-0.05, 0) is 24.6 Å². The molecule has 1 atom stereocenters. The molecule has 25 heavy (non-hydrogen) atoms. The van der Waals surface area contributed by atoms with Gasteiger partial charge >= 0.3 is 5.97 Å². The molecule has 8 heteroatoms. The van der Waals surface area contributed by atoms with Gasteiger partial charge in [0.1, 0.15) is 0 Å². The van der Waals surface area contributed by atoms with Crippen LogP contribution in [0.25, 0.3) is 0 Å². The van der Waals surface area contributed by atoms with Gasteiger partial charge in [-0.3, -0.25) is 14.9 Å². The number of amides is 1. The summed E-state index contributed by atoms with van der Waals surface area (Å²) < 4.78 is 0. The van der Waals surface area contributed by atoms with Crippen LogP contribution in [-0.4, -0.2) is 21.9 Å². The Morgan fingerprint density at radius 2 is 1.96 bits per heavy atom. The number of benzene rings is 2. The molecule has 2 aromatic rings. The number of hydrogen-bond acceptors (Lipinski definition) is 4. The average Bonchev–Trinajstić information content (AvgIpc) is 2.56. The zero-order chi connectivity index (χ0) is 18.6. The fourth-order valence-electron chi connectivity index (χ4n) is 2.34. The van der Waals surface area contributed by atoms with Crippen molar-refractivity contribution in [1.82, 2.24) is 0 Å². The smallest absolute Gasteiger partial charge is 0.337 e. The van der Waals surface area contributed by atoms with Gasteiger partial charge in [0.2, 0.25) is 5.91 Å². The van der Waals surface area contributed by atoms with Crippen molar-refractivity contribution >= 4 is 34.9 Å². The molecule has 2 aromatic carbocycles. The summed E-state index contributed by atoms with van der Waals surface area (Å²) in [6.45, 7) is 1.61. The number of carboxylic acids is 1. The lowest BCUT2D eigenvalue weighted by atomic mass is 9.98. The Morgan fingerprint density at radius 3 is 2.60 bits per heavy atom. The van der Waals surface area contributed by atoms with Crippen molar-refractivity contribution in [3.8, 4) is 0 Å². The number of hydrogen-bond donors (Lipinski definition) is 2. The first kappa shape index (κ1) is 18.4. The Kier molecular flexibility index (Phi) is 5.71. The monoisotopic (exact) mass is 362 g/mol. The van der Waals surface area contributed by atoms with Gasteiger partial charge in [0.05, 0.1) is 16.2 Å². The van der Waals surface area contributed by atoms with E-state index in [0.717, 1.165) is 0 Å². The minimum atomic E-state index is -1.22. The van der Waals surface area contributed by atoms with Crippen LogP contribution in [0.15, 0.2) is 42.5 Å². The molecule has 0 heterocycles. The van der Waals surface area contributed by atoms with Crippen LogP contribution in [0.5, 0.6) is 0 Å². The molecule has 0 bridgehead atoms. The Hall–Kier alpha value is -2.93.